The van der Waals surface area contributed by atoms with Gasteiger partial charge in [0.05, 0.1) is 29.9 Å². The van der Waals surface area contributed by atoms with E-state index in [1.54, 1.807) is 24.5 Å². The second-order valence-electron chi connectivity index (χ2n) is 8.78. The molecule has 0 radical (unpaired) electrons. The van der Waals surface area contributed by atoms with Crippen molar-refractivity contribution in [3.63, 3.8) is 0 Å². The zero-order valence-electron chi connectivity index (χ0n) is 20.2. The maximum Gasteiger partial charge on any atom is 0.265 e. The van der Waals surface area contributed by atoms with Gasteiger partial charge in [-0.25, -0.2) is 0 Å². The summed E-state index contributed by atoms with van der Waals surface area (Å²) in [6.45, 7) is 4.98. The van der Waals surface area contributed by atoms with Crippen molar-refractivity contribution in [3.05, 3.63) is 124 Å². The van der Waals surface area contributed by atoms with Gasteiger partial charge in [0.2, 0.25) is 0 Å². The number of nitrogens with one attached hydrogen (secondary N) is 1. The Labute approximate surface area is 214 Å². The summed E-state index contributed by atoms with van der Waals surface area (Å²) in [6, 6.07) is 25.2. The van der Waals surface area contributed by atoms with Crippen LogP contribution in [0.5, 0.6) is 0 Å². The first-order valence-electron chi connectivity index (χ1n) is 11.7. The Morgan fingerprint density at radius 1 is 1.00 bits per heavy atom. The van der Waals surface area contributed by atoms with Crippen LogP contribution >= 0.6 is 11.8 Å². The van der Waals surface area contributed by atoms with E-state index in [4.69, 9.17) is 4.42 Å². The highest BCUT2D eigenvalue weighted by atomic mass is 32.2. The Morgan fingerprint density at radius 2 is 1.81 bits per heavy atom. The van der Waals surface area contributed by atoms with E-state index in [-0.39, 0.29) is 11.8 Å². The minimum Gasteiger partial charge on any atom is -0.467 e. The Morgan fingerprint density at radius 3 is 2.58 bits per heavy atom. The van der Waals surface area contributed by atoms with E-state index in [0.29, 0.717) is 29.3 Å². The van der Waals surface area contributed by atoms with Crippen LogP contribution in [0.25, 0.3) is 6.08 Å². The first kappa shape index (κ1) is 23.7. The van der Waals surface area contributed by atoms with Crippen molar-refractivity contribution in [1.82, 2.24) is 5.32 Å². The molecule has 2 heterocycles. The molecule has 36 heavy (non-hydrogen) atoms. The number of amides is 2. The van der Waals surface area contributed by atoms with Gasteiger partial charge < -0.3 is 14.6 Å². The molecule has 0 atom stereocenters. The third-order valence-electron chi connectivity index (χ3n) is 6.14. The van der Waals surface area contributed by atoms with E-state index in [2.05, 4.69) is 37.4 Å². The molecule has 1 N–H and O–H groups in total. The summed E-state index contributed by atoms with van der Waals surface area (Å²) in [5, 5.41) is 2.84. The zero-order chi connectivity index (χ0) is 25.1. The summed E-state index contributed by atoms with van der Waals surface area (Å²) in [5.74, 6) is 0.491. The number of para-hydroxylation sites is 1. The number of hydrogen-bond acceptors (Lipinski definition) is 4. The smallest absolute Gasteiger partial charge is 0.265 e. The van der Waals surface area contributed by atoms with Gasteiger partial charge in [-0.3, -0.25) is 9.59 Å². The lowest BCUT2D eigenvalue weighted by atomic mass is 10.0. The number of fused-ring (bicyclic) bond motifs is 1. The maximum atomic E-state index is 13.6. The van der Waals surface area contributed by atoms with Crippen LogP contribution in [0, 0.1) is 13.8 Å². The van der Waals surface area contributed by atoms with Crippen LogP contribution in [0.15, 0.2) is 99.3 Å². The van der Waals surface area contributed by atoms with Crippen LogP contribution in [0.4, 0.5) is 5.69 Å². The van der Waals surface area contributed by atoms with Crippen molar-refractivity contribution in [2.75, 3.05) is 4.90 Å². The van der Waals surface area contributed by atoms with Crippen molar-refractivity contribution in [2.24, 2.45) is 0 Å². The number of furan rings is 1. The van der Waals surface area contributed by atoms with Gasteiger partial charge in [-0.1, -0.05) is 59.8 Å². The first-order chi connectivity index (χ1) is 17.5. The summed E-state index contributed by atoms with van der Waals surface area (Å²) in [7, 11) is 0. The number of benzene rings is 3. The molecular weight excluding hydrogens is 468 g/mol. The predicted octanol–water partition coefficient (Wildman–Crippen LogP) is 6.51. The normalized spacial score (nSPS) is 14.1. The van der Waals surface area contributed by atoms with Gasteiger partial charge in [0.1, 0.15) is 5.76 Å². The monoisotopic (exact) mass is 494 g/mol. The Balaban J connectivity index is 1.37. The lowest BCUT2D eigenvalue weighted by Crippen LogP contribution is -2.34. The average Bonchev–Trinajstić information content (AvgIpc) is 3.41. The summed E-state index contributed by atoms with van der Waals surface area (Å²) >= 11 is 1.48. The molecule has 6 heteroatoms. The molecule has 0 spiro atoms. The van der Waals surface area contributed by atoms with Gasteiger partial charge >= 0.3 is 0 Å². The minimum absolute atomic E-state index is 0.0279. The van der Waals surface area contributed by atoms with Crippen molar-refractivity contribution in [3.8, 4) is 0 Å². The standard InChI is InChI=1S/C30H26N2O3S/c1-20-9-10-21(2)24(16-20)19-32-26-7-3-4-8-27(26)36-28(30(32)34)17-22-11-13-23(14-12-22)29(33)31-18-25-6-5-15-35-25/h3-17H,18-19H2,1-2H3,(H,31,33). The molecule has 0 saturated carbocycles. The van der Waals surface area contributed by atoms with Crippen LogP contribution in [0.2, 0.25) is 0 Å². The summed E-state index contributed by atoms with van der Waals surface area (Å²) in [5.41, 5.74) is 5.80. The molecule has 5 rings (SSSR count). The summed E-state index contributed by atoms with van der Waals surface area (Å²) in [4.78, 5) is 29.6. The van der Waals surface area contributed by atoms with E-state index in [1.165, 1.54) is 17.3 Å². The Hall–Kier alpha value is -4.03. The molecule has 5 nitrogen and oxygen atoms in total. The molecule has 180 valence electrons. The molecule has 3 aromatic carbocycles. The maximum absolute atomic E-state index is 13.6. The molecule has 0 aliphatic carbocycles. The van der Waals surface area contributed by atoms with Crippen molar-refractivity contribution in [2.45, 2.75) is 31.8 Å². The summed E-state index contributed by atoms with van der Waals surface area (Å²) < 4.78 is 5.26. The van der Waals surface area contributed by atoms with Crippen LogP contribution < -0.4 is 10.2 Å². The molecule has 2 amide bonds. The van der Waals surface area contributed by atoms with Gasteiger partial charge in [-0.2, -0.15) is 0 Å². The molecule has 0 fully saturated rings. The fourth-order valence-corrected chi connectivity index (χ4v) is 5.18. The van der Waals surface area contributed by atoms with Crippen LogP contribution in [0.1, 0.15) is 38.4 Å². The Bertz CT molecular complexity index is 1440. The number of aryl methyl sites for hydroxylation is 2. The molecule has 0 saturated heterocycles. The predicted molar refractivity (Wildman–Crippen MR) is 144 cm³/mol. The molecule has 0 unspecified atom stereocenters. The largest absolute Gasteiger partial charge is 0.467 e. The number of carbonyl (C=O) groups is 2. The molecule has 1 aliphatic heterocycles. The third-order valence-corrected chi connectivity index (χ3v) is 7.22. The number of anilines is 1. The topological polar surface area (TPSA) is 62.6 Å². The lowest BCUT2D eigenvalue weighted by molar-refractivity contribution is -0.114. The van der Waals surface area contributed by atoms with Crippen LogP contribution in [0.3, 0.4) is 0 Å². The van der Waals surface area contributed by atoms with Gasteiger partial charge in [0.15, 0.2) is 0 Å². The van der Waals surface area contributed by atoms with Crippen LogP contribution in [-0.4, -0.2) is 11.8 Å². The third kappa shape index (κ3) is 5.14. The van der Waals surface area contributed by atoms with E-state index in [0.717, 1.165) is 27.3 Å². The van der Waals surface area contributed by atoms with E-state index in [9.17, 15) is 9.59 Å². The van der Waals surface area contributed by atoms with Crippen molar-refractivity contribution < 1.29 is 14.0 Å². The van der Waals surface area contributed by atoms with Gasteiger partial charge in [0.25, 0.3) is 11.8 Å². The fraction of sp³-hybridized carbons (Fsp3) is 0.133. The molecule has 4 aromatic rings. The average molecular weight is 495 g/mol. The quantitative estimate of drug-likeness (QED) is 0.311. The lowest BCUT2D eigenvalue weighted by Gasteiger charge is -2.31. The van der Waals surface area contributed by atoms with Gasteiger partial charge in [0, 0.05) is 10.5 Å². The van der Waals surface area contributed by atoms with Gasteiger partial charge in [-0.05, 0) is 73.0 Å². The SMILES string of the molecule is Cc1ccc(C)c(CN2C(=O)C(=Cc3ccc(C(=O)NCc4ccco4)cc3)Sc3ccccc32)c1. The minimum atomic E-state index is -0.178. The first-order valence-corrected chi connectivity index (χ1v) is 12.6. The highest BCUT2D eigenvalue weighted by Crippen LogP contribution is 2.42. The van der Waals surface area contributed by atoms with Crippen molar-refractivity contribution in [1.29, 1.82) is 0 Å². The highest BCUT2D eigenvalue weighted by molar-refractivity contribution is 8.04. The van der Waals surface area contributed by atoms with Crippen LogP contribution in [-0.2, 0) is 17.9 Å². The van der Waals surface area contributed by atoms with Crippen molar-refractivity contribution >= 4 is 35.3 Å². The second-order valence-corrected chi connectivity index (χ2v) is 9.87. The van der Waals surface area contributed by atoms with E-state index >= 15 is 0 Å². The molecule has 1 aromatic heterocycles. The number of nitrogens with zero attached hydrogens (tertiary/aromatic N) is 1. The number of rotatable bonds is 6. The molecule has 0 bridgehead atoms. The van der Waals surface area contributed by atoms with Gasteiger partial charge in [-0.15, -0.1) is 0 Å². The highest BCUT2D eigenvalue weighted by Gasteiger charge is 2.29. The number of carbonyl (C=O) groups excluding carboxylic acids is 2. The zero-order valence-corrected chi connectivity index (χ0v) is 21.0. The molecule has 1 aliphatic rings. The fourth-order valence-electron chi connectivity index (χ4n) is 4.12. The Kier molecular flexibility index (Phi) is 6.78. The number of hydrogen-bond donors (Lipinski definition) is 1. The van der Waals surface area contributed by atoms with E-state index in [1.807, 2.05) is 53.4 Å². The molecular formula is C30H26N2O3S. The summed E-state index contributed by atoms with van der Waals surface area (Å²) in [6.07, 6.45) is 3.47. The number of thioether (sulfide) groups is 1. The second kappa shape index (κ2) is 10.3. The van der Waals surface area contributed by atoms with E-state index < -0.39 is 0 Å².